The molecule has 0 bridgehead atoms. The summed E-state index contributed by atoms with van der Waals surface area (Å²) >= 11 is 0. The highest BCUT2D eigenvalue weighted by Gasteiger charge is 2.15. The van der Waals surface area contributed by atoms with Gasteiger partial charge in [0.05, 0.1) is 12.3 Å². The van der Waals surface area contributed by atoms with Crippen LogP contribution in [0.2, 0.25) is 0 Å². The normalized spacial score (nSPS) is 13.8. The molecule has 1 aliphatic heterocycles. The Labute approximate surface area is 100.0 Å². The number of ether oxygens (including phenoxy) is 1. The number of para-hydroxylation sites is 1. The number of hydrogen-bond acceptors (Lipinski definition) is 4. The van der Waals surface area contributed by atoms with Gasteiger partial charge in [-0.3, -0.25) is 5.43 Å². The van der Waals surface area contributed by atoms with E-state index in [1.807, 2.05) is 31.2 Å². The SMILES string of the molecule is CCOC(=O)C1=NNc2ccccc2C(C)=C1. The molecule has 0 radical (unpaired) electrons. The molecule has 0 spiro atoms. The molecule has 0 amide bonds. The van der Waals surface area contributed by atoms with Gasteiger partial charge >= 0.3 is 5.97 Å². The summed E-state index contributed by atoms with van der Waals surface area (Å²) in [4.78, 5) is 11.6. The number of anilines is 1. The van der Waals surface area contributed by atoms with Gasteiger partial charge in [0, 0.05) is 5.56 Å². The van der Waals surface area contributed by atoms with Crippen molar-refractivity contribution in [1.82, 2.24) is 0 Å². The molecule has 17 heavy (non-hydrogen) atoms. The quantitative estimate of drug-likeness (QED) is 0.794. The van der Waals surface area contributed by atoms with Crippen molar-refractivity contribution in [3.8, 4) is 0 Å². The van der Waals surface area contributed by atoms with E-state index >= 15 is 0 Å². The summed E-state index contributed by atoms with van der Waals surface area (Å²) in [6.07, 6.45) is 1.73. The Bertz CT molecular complexity index is 504. The third-order valence-electron chi connectivity index (χ3n) is 2.49. The molecule has 88 valence electrons. The molecule has 0 aromatic heterocycles. The fourth-order valence-electron chi connectivity index (χ4n) is 1.67. The van der Waals surface area contributed by atoms with E-state index in [0.717, 1.165) is 16.8 Å². The zero-order chi connectivity index (χ0) is 12.3. The van der Waals surface area contributed by atoms with Crippen LogP contribution in [0, 0.1) is 0 Å². The summed E-state index contributed by atoms with van der Waals surface area (Å²) in [5.74, 6) is -0.410. The van der Waals surface area contributed by atoms with E-state index < -0.39 is 5.97 Å². The van der Waals surface area contributed by atoms with Gasteiger partial charge < -0.3 is 4.74 Å². The minimum absolute atomic E-state index is 0.292. The van der Waals surface area contributed by atoms with Crippen LogP contribution in [0.5, 0.6) is 0 Å². The Balaban J connectivity index is 2.35. The predicted octanol–water partition coefficient (Wildman–Crippen LogP) is 2.43. The monoisotopic (exact) mass is 230 g/mol. The minimum atomic E-state index is -0.410. The largest absolute Gasteiger partial charge is 0.461 e. The molecule has 1 aromatic carbocycles. The minimum Gasteiger partial charge on any atom is -0.461 e. The Kier molecular flexibility index (Phi) is 3.23. The van der Waals surface area contributed by atoms with E-state index in [0.29, 0.717) is 12.3 Å². The Morgan fingerprint density at radius 3 is 2.94 bits per heavy atom. The summed E-state index contributed by atoms with van der Waals surface area (Å²) in [5, 5.41) is 4.05. The van der Waals surface area contributed by atoms with E-state index in [1.165, 1.54) is 0 Å². The van der Waals surface area contributed by atoms with Crippen LogP contribution < -0.4 is 5.43 Å². The predicted molar refractivity (Wildman–Crippen MR) is 67.8 cm³/mol. The van der Waals surface area contributed by atoms with Crippen molar-refractivity contribution < 1.29 is 9.53 Å². The van der Waals surface area contributed by atoms with Crippen LogP contribution in [0.4, 0.5) is 5.69 Å². The van der Waals surface area contributed by atoms with Gasteiger partial charge in [0.15, 0.2) is 5.71 Å². The molecule has 0 atom stereocenters. The highest BCUT2D eigenvalue weighted by molar-refractivity contribution is 6.42. The zero-order valence-electron chi connectivity index (χ0n) is 9.86. The number of nitrogens with zero attached hydrogens (tertiary/aromatic N) is 1. The van der Waals surface area contributed by atoms with Crippen molar-refractivity contribution >= 4 is 22.9 Å². The first kappa shape index (κ1) is 11.4. The average molecular weight is 230 g/mol. The van der Waals surface area contributed by atoms with Crippen LogP contribution in [0.3, 0.4) is 0 Å². The van der Waals surface area contributed by atoms with Crippen molar-refractivity contribution in [2.24, 2.45) is 5.10 Å². The third-order valence-corrected chi connectivity index (χ3v) is 2.49. The van der Waals surface area contributed by atoms with Gasteiger partial charge in [-0.05, 0) is 31.6 Å². The van der Waals surface area contributed by atoms with E-state index in [1.54, 1.807) is 13.0 Å². The first-order valence-corrected chi connectivity index (χ1v) is 5.51. The van der Waals surface area contributed by atoms with Crippen molar-refractivity contribution in [1.29, 1.82) is 0 Å². The second kappa shape index (κ2) is 4.82. The lowest BCUT2D eigenvalue weighted by Crippen LogP contribution is -2.16. The van der Waals surface area contributed by atoms with Gasteiger partial charge in [-0.1, -0.05) is 18.2 Å². The van der Waals surface area contributed by atoms with E-state index in [9.17, 15) is 4.79 Å². The lowest BCUT2D eigenvalue weighted by atomic mass is 10.0. The Morgan fingerprint density at radius 1 is 1.41 bits per heavy atom. The Morgan fingerprint density at radius 2 is 2.18 bits per heavy atom. The number of allylic oxidation sites excluding steroid dienone is 1. The molecule has 1 heterocycles. The molecule has 1 aromatic rings. The van der Waals surface area contributed by atoms with Crippen molar-refractivity contribution in [2.45, 2.75) is 13.8 Å². The third kappa shape index (κ3) is 2.36. The van der Waals surface area contributed by atoms with Crippen molar-refractivity contribution in [3.63, 3.8) is 0 Å². The van der Waals surface area contributed by atoms with E-state index in [2.05, 4.69) is 10.5 Å². The van der Waals surface area contributed by atoms with Gasteiger partial charge in [0.2, 0.25) is 0 Å². The number of hydrazone groups is 1. The van der Waals surface area contributed by atoms with Crippen LogP contribution in [0.1, 0.15) is 19.4 Å². The molecule has 0 unspecified atom stereocenters. The van der Waals surface area contributed by atoms with Crippen molar-refractivity contribution in [3.05, 3.63) is 35.9 Å². The maximum Gasteiger partial charge on any atom is 0.358 e. The molecule has 0 saturated heterocycles. The highest BCUT2D eigenvalue weighted by Crippen LogP contribution is 2.25. The summed E-state index contributed by atoms with van der Waals surface area (Å²) in [5.41, 5.74) is 6.08. The first-order valence-electron chi connectivity index (χ1n) is 5.51. The number of esters is 1. The second-order valence-electron chi connectivity index (χ2n) is 3.70. The van der Waals surface area contributed by atoms with Crippen LogP contribution in [0.15, 0.2) is 35.4 Å². The number of nitrogens with one attached hydrogen (secondary N) is 1. The van der Waals surface area contributed by atoms with Crippen LogP contribution >= 0.6 is 0 Å². The van der Waals surface area contributed by atoms with Gasteiger partial charge in [0.25, 0.3) is 0 Å². The molecule has 4 heteroatoms. The number of carbonyl (C=O) groups excluding carboxylic acids is 1. The molecular formula is C13H14N2O2. The summed E-state index contributed by atoms with van der Waals surface area (Å²) < 4.78 is 4.93. The van der Waals surface area contributed by atoms with Gasteiger partial charge in [-0.25, -0.2) is 4.79 Å². The van der Waals surface area contributed by atoms with Crippen LogP contribution in [0.25, 0.3) is 5.57 Å². The smallest absolute Gasteiger partial charge is 0.358 e. The topological polar surface area (TPSA) is 50.7 Å². The standard InChI is InChI=1S/C13H14N2O2/c1-3-17-13(16)12-8-9(2)10-6-4-5-7-11(10)14-15-12/h4-8,14H,3H2,1-2H3. The maximum atomic E-state index is 11.6. The molecule has 0 aliphatic carbocycles. The van der Waals surface area contributed by atoms with E-state index in [-0.39, 0.29) is 0 Å². The maximum absolute atomic E-state index is 11.6. The molecule has 0 fully saturated rings. The number of rotatable bonds is 2. The first-order chi connectivity index (χ1) is 8.22. The molecule has 1 aliphatic rings. The summed E-state index contributed by atoms with van der Waals surface area (Å²) in [7, 11) is 0. The molecular weight excluding hydrogens is 216 g/mol. The number of hydrogen-bond donors (Lipinski definition) is 1. The van der Waals surface area contributed by atoms with Gasteiger partial charge in [-0.2, -0.15) is 5.10 Å². The lowest BCUT2D eigenvalue weighted by molar-refractivity contribution is -0.134. The van der Waals surface area contributed by atoms with Gasteiger partial charge in [0.1, 0.15) is 0 Å². The second-order valence-corrected chi connectivity index (χ2v) is 3.70. The van der Waals surface area contributed by atoms with E-state index in [4.69, 9.17) is 4.74 Å². The molecule has 0 saturated carbocycles. The number of fused-ring (bicyclic) bond motifs is 1. The number of benzene rings is 1. The highest BCUT2D eigenvalue weighted by atomic mass is 16.5. The molecule has 2 rings (SSSR count). The Hall–Kier alpha value is -2.10. The van der Waals surface area contributed by atoms with Crippen molar-refractivity contribution in [2.75, 3.05) is 12.0 Å². The molecule has 1 N–H and O–H groups in total. The molecule has 4 nitrogen and oxygen atoms in total. The van der Waals surface area contributed by atoms with Crippen LogP contribution in [-0.2, 0) is 9.53 Å². The fraction of sp³-hybridized carbons (Fsp3) is 0.231. The summed E-state index contributed by atoms with van der Waals surface area (Å²) in [6, 6.07) is 7.78. The van der Waals surface area contributed by atoms with Crippen LogP contribution in [-0.4, -0.2) is 18.3 Å². The number of carbonyl (C=O) groups is 1. The summed E-state index contributed by atoms with van der Waals surface area (Å²) in [6.45, 7) is 4.06. The zero-order valence-corrected chi connectivity index (χ0v) is 9.86. The lowest BCUT2D eigenvalue weighted by Gasteiger charge is -2.05. The average Bonchev–Trinajstić information content (AvgIpc) is 2.50. The van der Waals surface area contributed by atoms with Gasteiger partial charge in [-0.15, -0.1) is 0 Å². The fourth-order valence-corrected chi connectivity index (χ4v) is 1.67.